The number of benzene rings is 3. The van der Waals surface area contributed by atoms with Gasteiger partial charge in [0.1, 0.15) is 5.75 Å². The lowest BCUT2D eigenvalue weighted by Crippen LogP contribution is -2.14. The molecule has 0 aliphatic rings. The number of amides is 1. The molecule has 0 radical (unpaired) electrons. The van der Waals surface area contributed by atoms with Crippen molar-refractivity contribution in [3.8, 4) is 5.75 Å². The Labute approximate surface area is 156 Å². The SMILES string of the molecule is O=C(Nc1cc(C=Cc2ccc(O)cc2)ccc1C(=O)O)c1ccccc1. The van der Waals surface area contributed by atoms with Crippen molar-refractivity contribution in [2.75, 3.05) is 5.32 Å². The van der Waals surface area contributed by atoms with Gasteiger partial charge in [-0.25, -0.2) is 4.79 Å². The second kappa shape index (κ2) is 8.01. The smallest absolute Gasteiger partial charge is 0.337 e. The van der Waals surface area contributed by atoms with Gasteiger partial charge < -0.3 is 15.5 Å². The highest BCUT2D eigenvalue weighted by Crippen LogP contribution is 2.21. The highest BCUT2D eigenvalue weighted by Gasteiger charge is 2.13. The molecule has 0 saturated carbocycles. The number of carbonyl (C=O) groups excluding carboxylic acids is 1. The molecule has 27 heavy (non-hydrogen) atoms. The summed E-state index contributed by atoms with van der Waals surface area (Å²) in [7, 11) is 0. The minimum Gasteiger partial charge on any atom is -0.508 e. The van der Waals surface area contributed by atoms with Crippen molar-refractivity contribution < 1.29 is 19.8 Å². The van der Waals surface area contributed by atoms with E-state index in [-0.39, 0.29) is 22.9 Å². The summed E-state index contributed by atoms with van der Waals surface area (Å²) in [6.45, 7) is 0. The average molecular weight is 359 g/mol. The van der Waals surface area contributed by atoms with Crippen LogP contribution in [0.25, 0.3) is 12.2 Å². The lowest BCUT2D eigenvalue weighted by molar-refractivity contribution is 0.0698. The number of carbonyl (C=O) groups is 2. The van der Waals surface area contributed by atoms with Gasteiger partial charge in [-0.15, -0.1) is 0 Å². The lowest BCUT2D eigenvalue weighted by Gasteiger charge is -2.10. The van der Waals surface area contributed by atoms with E-state index in [9.17, 15) is 19.8 Å². The Morgan fingerprint density at radius 1 is 0.815 bits per heavy atom. The van der Waals surface area contributed by atoms with Crippen LogP contribution in [0.4, 0.5) is 5.69 Å². The van der Waals surface area contributed by atoms with E-state index in [0.717, 1.165) is 11.1 Å². The minimum absolute atomic E-state index is 0.0149. The molecule has 3 rings (SSSR count). The van der Waals surface area contributed by atoms with Crippen LogP contribution in [0.1, 0.15) is 31.8 Å². The number of phenolic OH excluding ortho intramolecular Hbond substituents is 1. The van der Waals surface area contributed by atoms with Crippen LogP contribution in [-0.2, 0) is 0 Å². The van der Waals surface area contributed by atoms with E-state index in [1.807, 2.05) is 6.08 Å². The van der Waals surface area contributed by atoms with Crippen molar-refractivity contribution in [1.82, 2.24) is 0 Å². The molecule has 134 valence electrons. The number of phenols is 1. The highest BCUT2D eigenvalue weighted by molar-refractivity contribution is 6.08. The first kappa shape index (κ1) is 17.9. The van der Waals surface area contributed by atoms with E-state index in [4.69, 9.17) is 0 Å². The predicted octanol–water partition coefficient (Wildman–Crippen LogP) is 4.51. The van der Waals surface area contributed by atoms with Gasteiger partial charge in [0.2, 0.25) is 0 Å². The molecular weight excluding hydrogens is 342 g/mol. The molecule has 0 atom stereocenters. The van der Waals surface area contributed by atoms with Gasteiger partial charge in [-0.3, -0.25) is 4.79 Å². The molecule has 0 spiro atoms. The number of hydrogen-bond acceptors (Lipinski definition) is 3. The first-order chi connectivity index (χ1) is 13.0. The Morgan fingerprint density at radius 3 is 2.11 bits per heavy atom. The maximum Gasteiger partial charge on any atom is 0.337 e. The van der Waals surface area contributed by atoms with Gasteiger partial charge >= 0.3 is 5.97 Å². The monoisotopic (exact) mass is 359 g/mol. The van der Waals surface area contributed by atoms with Crippen LogP contribution in [0.15, 0.2) is 72.8 Å². The molecular formula is C22H17NO4. The summed E-state index contributed by atoms with van der Waals surface area (Å²) in [5, 5.41) is 21.4. The maximum atomic E-state index is 12.4. The Morgan fingerprint density at radius 2 is 1.44 bits per heavy atom. The van der Waals surface area contributed by atoms with Crippen LogP contribution in [0.3, 0.4) is 0 Å². The van der Waals surface area contributed by atoms with Gasteiger partial charge in [0.15, 0.2) is 0 Å². The molecule has 5 nitrogen and oxygen atoms in total. The topological polar surface area (TPSA) is 86.6 Å². The summed E-state index contributed by atoms with van der Waals surface area (Å²) in [6.07, 6.45) is 3.63. The number of aromatic carboxylic acids is 1. The van der Waals surface area contributed by atoms with Gasteiger partial charge in [0.05, 0.1) is 11.3 Å². The molecule has 3 N–H and O–H groups in total. The molecule has 3 aromatic rings. The van der Waals surface area contributed by atoms with Crippen LogP contribution in [-0.4, -0.2) is 22.1 Å². The Kier molecular flexibility index (Phi) is 5.33. The Balaban J connectivity index is 1.87. The third-order valence-electron chi connectivity index (χ3n) is 3.92. The quantitative estimate of drug-likeness (QED) is 0.585. The van der Waals surface area contributed by atoms with E-state index in [0.29, 0.717) is 5.56 Å². The summed E-state index contributed by atoms with van der Waals surface area (Å²) in [4.78, 5) is 23.8. The molecule has 3 aromatic carbocycles. The van der Waals surface area contributed by atoms with Crippen molar-refractivity contribution >= 4 is 29.7 Å². The summed E-state index contributed by atoms with van der Waals surface area (Å²) >= 11 is 0. The van der Waals surface area contributed by atoms with Crippen LogP contribution >= 0.6 is 0 Å². The van der Waals surface area contributed by atoms with Gasteiger partial charge in [-0.2, -0.15) is 0 Å². The molecule has 0 aliphatic heterocycles. The average Bonchev–Trinajstić information content (AvgIpc) is 2.68. The summed E-state index contributed by atoms with van der Waals surface area (Å²) in [6, 6.07) is 20.0. The fraction of sp³-hybridized carbons (Fsp3) is 0. The van der Waals surface area contributed by atoms with Crippen LogP contribution in [0.2, 0.25) is 0 Å². The molecule has 0 aromatic heterocycles. The fourth-order valence-corrected chi connectivity index (χ4v) is 2.52. The number of nitrogens with one attached hydrogen (secondary N) is 1. The second-order valence-corrected chi connectivity index (χ2v) is 5.86. The largest absolute Gasteiger partial charge is 0.508 e. The van der Waals surface area contributed by atoms with E-state index in [2.05, 4.69) is 5.32 Å². The summed E-state index contributed by atoms with van der Waals surface area (Å²) in [5.74, 6) is -1.31. The molecule has 0 heterocycles. The first-order valence-electron chi connectivity index (χ1n) is 8.24. The van der Waals surface area contributed by atoms with Gasteiger partial charge in [-0.1, -0.05) is 48.6 Å². The number of carboxylic acids is 1. The zero-order valence-corrected chi connectivity index (χ0v) is 14.3. The van der Waals surface area contributed by atoms with Crippen LogP contribution in [0.5, 0.6) is 5.75 Å². The van der Waals surface area contributed by atoms with E-state index in [1.54, 1.807) is 72.8 Å². The lowest BCUT2D eigenvalue weighted by atomic mass is 10.1. The van der Waals surface area contributed by atoms with Gasteiger partial charge in [0.25, 0.3) is 5.91 Å². The number of hydrogen-bond donors (Lipinski definition) is 3. The molecule has 1 amide bonds. The van der Waals surface area contributed by atoms with Crippen molar-refractivity contribution in [1.29, 1.82) is 0 Å². The summed E-state index contributed by atoms with van der Waals surface area (Å²) in [5.41, 5.74) is 2.30. The standard InChI is InChI=1S/C22H17NO4/c24-18-11-8-15(9-12-18)6-7-16-10-13-19(22(26)27)20(14-16)23-21(25)17-4-2-1-3-5-17/h1-14,24H,(H,23,25)(H,26,27). The molecule has 0 bridgehead atoms. The van der Waals surface area contributed by atoms with Crippen molar-refractivity contribution in [2.45, 2.75) is 0 Å². The normalized spacial score (nSPS) is 10.7. The molecule has 0 aliphatic carbocycles. The third kappa shape index (κ3) is 4.61. The Hall–Kier alpha value is -3.86. The number of rotatable bonds is 5. The summed E-state index contributed by atoms with van der Waals surface area (Å²) < 4.78 is 0. The first-order valence-corrected chi connectivity index (χ1v) is 8.24. The number of anilines is 1. The zero-order chi connectivity index (χ0) is 19.2. The van der Waals surface area contributed by atoms with E-state index < -0.39 is 5.97 Å². The number of aromatic hydroxyl groups is 1. The second-order valence-electron chi connectivity index (χ2n) is 5.86. The molecule has 5 heteroatoms. The molecule has 0 unspecified atom stereocenters. The van der Waals surface area contributed by atoms with Gasteiger partial charge in [-0.05, 0) is 47.5 Å². The molecule has 0 saturated heterocycles. The van der Waals surface area contributed by atoms with E-state index >= 15 is 0 Å². The van der Waals surface area contributed by atoms with Crippen molar-refractivity contribution in [2.24, 2.45) is 0 Å². The molecule has 0 fully saturated rings. The predicted molar refractivity (Wildman–Crippen MR) is 105 cm³/mol. The minimum atomic E-state index is -1.12. The van der Waals surface area contributed by atoms with Crippen molar-refractivity contribution in [3.05, 3.63) is 95.1 Å². The van der Waals surface area contributed by atoms with Crippen molar-refractivity contribution in [3.63, 3.8) is 0 Å². The van der Waals surface area contributed by atoms with E-state index in [1.165, 1.54) is 6.07 Å². The Bertz CT molecular complexity index is 993. The fourth-order valence-electron chi connectivity index (χ4n) is 2.52. The maximum absolute atomic E-state index is 12.4. The van der Waals surface area contributed by atoms with Gasteiger partial charge in [0, 0.05) is 5.56 Å². The zero-order valence-electron chi connectivity index (χ0n) is 14.3. The van der Waals surface area contributed by atoms with Crippen LogP contribution in [0, 0.1) is 0 Å². The third-order valence-corrected chi connectivity index (χ3v) is 3.92. The highest BCUT2D eigenvalue weighted by atomic mass is 16.4. The van der Waals surface area contributed by atoms with Crippen LogP contribution < -0.4 is 5.32 Å². The number of carboxylic acid groups (broad SMARTS) is 1.